The first-order chi connectivity index (χ1) is 16.6. The second-order valence-corrected chi connectivity index (χ2v) is 10.3. The van der Waals surface area contributed by atoms with Crippen LogP contribution in [0.2, 0.25) is 0 Å². The Balaban J connectivity index is 1.83. The maximum Gasteiger partial charge on any atom is 0.328 e. The zero-order chi connectivity index (χ0) is 25.8. The number of aromatic amines is 1. The van der Waals surface area contributed by atoms with E-state index in [-0.39, 0.29) is 22.3 Å². The average molecular weight is 567 g/mol. The van der Waals surface area contributed by atoms with Crippen LogP contribution in [0.15, 0.2) is 73.6 Å². The Bertz CT molecular complexity index is 1420. The van der Waals surface area contributed by atoms with Gasteiger partial charge in [-0.25, -0.2) is 18.7 Å². The number of para-hydroxylation sites is 1. The van der Waals surface area contributed by atoms with Gasteiger partial charge in [0.15, 0.2) is 0 Å². The number of nitrogens with one attached hydrogen (secondary N) is 2. The number of hydrogen-bond acceptors (Lipinski definition) is 7. The summed E-state index contributed by atoms with van der Waals surface area (Å²) in [6.07, 6.45) is -0.170. The maximum absolute atomic E-state index is 13.2. The fourth-order valence-corrected chi connectivity index (χ4v) is 5.03. The van der Waals surface area contributed by atoms with E-state index in [0.717, 1.165) is 4.31 Å². The number of benzene rings is 2. The van der Waals surface area contributed by atoms with Crippen LogP contribution in [-0.2, 0) is 21.4 Å². The smallest absolute Gasteiger partial charge is 0.328 e. The van der Waals surface area contributed by atoms with Gasteiger partial charge in [0.2, 0.25) is 10.0 Å². The predicted octanol–water partition coefficient (Wildman–Crippen LogP) is 1.98. The van der Waals surface area contributed by atoms with Gasteiger partial charge in [-0.3, -0.25) is 24.3 Å². The molecule has 2 aromatic carbocycles. The predicted molar refractivity (Wildman–Crippen MR) is 130 cm³/mol. The Hall–Kier alpha value is -3.26. The third-order valence-corrected chi connectivity index (χ3v) is 8.16. The highest BCUT2D eigenvalue weighted by molar-refractivity contribution is 9.10. The molecule has 0 spiro atoms. The number of rotatable bonds is 9. The number of hydroxylamine groups is 1. The zero-order valence-corrected chi connectivity index (χ0v) is 21.2. The van der Waals surface area contributed by atoms with Crippen LogP contribution in [-0.4, -0.2) is 46.5 Å². The molecule has 0 aliphatic carbocycles. The maximum atomic E-state index is 13.2. The first-order valence-corrected chi connectivity index (χ1v) is 12.5. The van der Waals surface area contributed by atoms with Crippen LogP contribution >= 0.6 is 15.9 Å². The number of H-pyrrole nitrogens is 1. The van der Waals surface area contributed by atoms with Crippen LogP contribution in [0.5, 0.6) is 11.5 Å². The molecular weight excluding hydrogens is 544 g/mol. The van der Waals surface area contributed by atoms with Gasteiger partial charge in [0.25, 0.3) is 11.5 Å². The number of likely N-dealkylation sites (N-methyl/N-ethyl adjacent to an activating group) is 1. The van der Waals surface area contributed by atoms with Crippen molar-refractivity contribution in [3.63, 3.8) is 0 Å². The third kappa shape index (κ3) is 5.88. The first kappa shape index (κ1) is 26.3. The van der Waals surface area contributed by atoms with E-state index in [4.69, 9.17) is 4.74 Å². The second kappa shape index (κ2) is 11.0. The molecule has 13 heteroatoms. The van der Waals surface area contributed by atoms with Gasteiger partial charge in [0.1, 0.15) is 22.0 Å². The zero-order valence-electron chi connectivity index (χ0n) is 18.8. The minimum atomic E-state index is -4.17. The standard InChI is InChI=1S/C22H23BrN4O7S/c1-14-19(23)21(29)24-22(30)27(14)13-12-18(20(28)25-31)26(2)35(32,33)17-10-8-16(9-11-17)34-15-6-4-3-5-7-15/h3-11,18,31H,12-13H2,1-2H3,(H,25,28)(H,24,29,30). The van der Waals surface area contributed by atoms with E-state index in [1.165, 1.54) is 48.3 Å². The van der Waals surface area contributed by atoms with Gasteiger partial charge in [-0.2, -0.15) is 4.31 Å². The summed E-state index contributed by atoms with van der Waals surface area (Å²) in [5.41, 5.74) is 0.466. The van der Waals surface area contributed by atoms with Gasteiger partial charge in [0.05, 0.1) is 4.90 Å². The highest BCUT2D eigenvalue weighted by Gasteiger charge is 2.33. The molecule has 3 rings (SSSR count). The van der Waals surface area contributed by atoms with E-state index in [2.05, 4.69) is 20.9 Å². The Kier molecular flexibility index (Phi) is 8.27. The highest BCUT2D eigenvalue weighted by Crippen LogP contribution is 2.25. The Morgan fingerprint density at radius 3 is 2.34 bits per heavy atom. The summed E-state index contributed by atoms with van der Waals surface area (Å²) in [5, 5.41) is 9.19. The van der Waals surface area contributed by atoms with Crippen LogP contribution in [0.4, 0.5) is 0 Å². The van der Waals surface area contributed by atoms with Crippen molar-refractivity contribution in [3.8, 4) is 11.5 Å². The quantitative estimate of drug-likeness (QED) is 0.264. The van der Waals surface area contributed by atoms with E-state index in [1.807, 2.05) is 6.07 Å². The second-order valence-electron chi connectivity index (χ2n) is 7.50. The molecule has 1 amide bonds. The summed E-state index contributed by atoms with van der Waals surface area (Å²) in [6, 6.07) is 13.2. The van der Waals surface area contributed by atoms with Gasteiger partial charge in [-0.05, 0) is 65.7 Å². The van der Waals surface area contributed by atoms with Gasteiger partial charge < -0.3 is 4.74 Å². The number of nitrogens with zero attached hydrogens (tertiary/aromatic N) is 2. The lowest BCUT2D eigenvalue weighted by molar-refractivity contribution is -0.133. The van der Waals surface area contributed by atoms with Crippen molar-refractivity contribution in [3.05, 3.63) is 85.6 Å². The molecule has 0 bridgehead atoms. The van der Waals surface area contributed by atoms with Crippen molar-refractivity contribution in [2.45, 2.75) is 30.8 Å². The molecule has 11 nitrogen and oxygen atoms in total. The number of carbonyl (C=O) groups is 1. The van der Waals surface area contributed by atoms with Gasteiger partial charge in [-0.1, -0.05) is 18.2 Å². The summed E-state index contributed by atoms with van der Waals surface area (Å²) in [6.45, 7) is 1.42. The SMILES string of the molecule is Cc1c(Br)c(=O)[nH]c(=O)n1CCC(C(=O)NO)N(C)S(=O)(=O)c1ccc(Oc2ccccc2)cc1. The number of hydrogen-bond donors (Lipinski definition) is 3. The van der Waals surface area contributed by atoms with Crippen molar-refractivity contribution in [2.75, 3.05) is 7.05 Å². The molecule has 1 heterocycles. The normalized spacial score (nSPS) is 12.4. The van der Waals surface area contributed by atoms with E-state index >= 15 is 0 Å². The lowest BCUT2D eigenvalue weighted by Crippen LogP contribution is -2.48. The van der Waals surface area contributed by atoms with Gasteiger partial charge in [-0.15, -0.1) is 0 Å². The number of halogens is 1. The Labute approximate surface area is 209 Å². The lowest BCUT2D eigenvalue weighted by atomic mass is 10.2. The molecular formula is C22H23BrN4O7S. The topological polar surface area (TPSA) is 151 Å². The van der Waals surface area contributed by atoms with Crippen molar-refractivity contribution < 1.29 is 23.2 Å². The van der Waals surface area contributed by atoms with E-state index in [0.29, 0.717) is 17.2 Å². The van der Waals surface area contributed by atoms with Gasteiger partial charge in [0, 0.05) is 19.3 Å². The van der Waals surface area contributed by atoms with E-state index < -0.39 is 33.2 Å². The van der Waals surface area contributed by atoms with Gasteiger partial charge >= 0.3 is 5.69 Å². The number of sulfonamides is 1. The molecule has 0 saturated carbocycles. The molecule has 35 heavy (non-hydrogen) atoms. The van der Waals surface area contributed by atoms with Crippen LogP contribution in [0.3, 0.4) is 0 Å². The molecule has 1 unspecified atom stereocenters. The molecule has 0 radical (unpaired) electrons. The molecule has 1 atom stereocenters. The third-order valence-electron chi connectivity index (χ3n) is 5.35. The molecule has 0 aliphatic rings. The lowest BCUT2D eigenvalue weighted by Gasteiger charge is -2.26. The molecule has 0 saturated heterocycles. The minimum Gasteiger partial charge on any atom is -0.457 e. The Morgan fingerprint density at radius 1 is 1.14 bits per heavy atom. The molecule has 3 aromatic rings. The molecule has 0 aliphatic heterocycles. The number of aromatic nitrogens is 2. The van der Waals surface area contributed by atoms with Crippen LogP contribution in [0.25, 0.3) is 0 Å². The largest absolute Gasteiger partial charge is 0.457 e. The van der Waals surface area contributed by atoms with Crippen molar-refractivity contribution in [1.82, 2.24) is 19.3 Å². The Morgan fingerprint density at radius 2 is 1.74 bits per heavy atom. The van der Waals surface area contributed by atoms with Crippen LogP contribution in [0, 0.1) is 6.92 Å². The number of amides is 1. The fourth-order valence-electron chi connectivity index (χ4n) is 3.37. The van der Waals surface area contributed by atoms with Crippen molar-refractivity contribution in [2.24, 2.45) is 0 Å². The average Bonchev–Trinajstić information content (AvgIpc) is 2.85. The summed E-state index contributed by atoms with van der Waals surface area (Å²) in [7, 11) is -2.97. The summed E-state index contributed by atoms with van der Waals surface area (Å²) in [4.78, 5) is 38.3. The molecule has 0 fully saturated rings. The molecule has 3 N–H and O–H groups in total. The van der Waals surface area contributed by atoms with Crippen LogP contribution in [0.1, 0.15) is 12.1 Å². The molecule has 186 valence electrons. The first-order valence-electron chi connectivity index (χ1n) is 10.3. The number of carbonyl (C=O) groups excluding carboxylic acids is 1. The summed E-state index contributed by atoms with van der Waals surface area (Å²) in [5.74, 6) is 0.0228. The van der Waals surface area contributed by atoms with E-state index in [1.54, 1.807) is 24.3 Å². The summed E-state index contributed by atoms with van der Waals surface area (Å²) < 4.78 is 34.2. The van der Waals surface area contributed by atoms with Crippen molar-refractivity contribution >= 4 is 31.9 Å². The summed E-state index contributed by atoms with van der Waals surface area (Å²) >= 11 is 3.09. The minimum absolute atomic E-state index is 0.101. The van der Waals surface area contributed by atoms with Crippen molar-refractivity contribution in [1.29, 1.82) is 0 Å². The van der Waals surface area contributed by atoms with E-state index in [9.17, 15) is 28.0 Å². The van der Waals surface area contributed by atoms with Crippen LogP contribution < -0.4 is 21.5 Å². The monoisotopic (exact) mass is 566 g/mol. The highest BCUT2D eigenvalue weighted by atomic mass is 79.9. The molecule has 1 aromatic heterocycles. The fraction of sp³-hybridized carbons (Fsp3) is 0.227. The number of ether oxygens (including phenoxy) is 1.